The Labute approximate surface area is 80.0 Å². The van der Waals surface area contributed by atoms with E-state index < -0.39 is 6.09 Å². The summed E-state index contributed by atoms with van der Waals surface area (Å²) in [5.74, 6) is 0.619. The van der Waals surface area contributed by atoms with Crippen molar-refractivity contribution in [2.75, 3.05) is 5.43 Å². The van der Waals surface area contributed by atoms with Gasteiger partial charge in [0.1, 0.15) is 5.82 Å². The lowest BCUT2D eigenvalue weighted by Gasteiger charge is -2.04. The number of aromatic nitrogens is 2. The number of para-hydroxylation sites is 2. The summed E-state index contributed by atoms with van der Waals surface area (Å²) in [6.45, 7) is 1.75. The first kappa shape index (κ1) is 8.55. The third-order valence-electron chi connectivity index (χ3n) is 1.94. The van der Waals surface area contributed by atoms with Gasteiger partial charge in [0.15, 0.2) is 0 Å². The molecule has 1 heterocycles. The van der Waals surface area contributed by atoms with Gasteiger partial charge in [-0.25, -0.2) is 19.9 Å². The van der Waals surface area contributed by atoms with Gasteiger partial charge in [-0.05, 0) is 19.1 Å². The summed E-state index contributed by atoms with van der Waals surface area (Å²) in [6, 6.07) is 7.34. The van der Waals surface area contributed by atoms with Crippen molar-refractivity contribution in [3.05, 3.63) is 30.1 Å². The zero-order valence-corrected chi connectivity index (χ0v) is 7.56. The third kappa shape index (κ3) is 1.28. The number of nitrogens with one attached hydrogen (secondary N) is 1. The van der Waals surface area contributed by atoms with E-state index in [0.717, 1.165) is 11.0 Å². The fourth-order valence-electron chi connectivity index (χ4n) is 1.38. The Bertz CT molecular complexity index is 490. The average molecular weight is 191 g/mol. The van der Waals surface area contributed by atoms with Crippen LogP contribution in [0.3, 0.4) is 0 Å². The minimum absolute atomic E-state index is 0.619. The van der Waals surface area contributed by atoms with Crippen molar-refractivity contribution in [3.8, 4) is 0 Å². The van der Waals surface area contributed by atoms with E-state index in [1.54, 1.807) is 6.92 Å². The van der Waals surface area contributed by atoms with Crippen molar-refractivity contribution in [2.45, 2.75) is 6.92 Å². The Morgan fingerprint density at radius 1 is 1.50 bits per heavy atom. The number of aryl methyl sites for hydroxylation is 1. The second-order valence-corrected chi connectivity index (χ2v) is 2.90. The van der Waals surface area contributed by atoms with Gasteiger partial charge in [0.25, 0.3) is 0 Å². The quantitative estimate of drug-likeness (QED) is 0.718. The number of benzene rings is 1. The van der Waals surface area contributed by atoms with Gasteiger partial charge in [-0.15, -0.1) is 0 Å². The first-order valence-corrected chi connectivity index (χ1v) is 4.12. The number of amides is 1. The monoisotopic (exact) mass is 191 g/mol. The van der Waals surface area contributed by atoms with Crippen LogP contribution in [0.2, 0.25) is 0 Å². The second kappa shape index (κ2) is 3.02. The van der Waals surface area contributed by atoms with Gasteiger partial charge in [0.05, 0.1) is 11.0 Å². The van der Waals surface area contributed by atoms with E-state index in [-0.39, 0.29) is 0 Å². The molecular weight excluding hydrogens is 182 g/mol. The van der Waals surface area contributed by atoms with E-state index >= 15 is 0 Å². The number of imidazole rings is 1. The van der Waals surface area contributed by atoms with Gasteiger partial charge >= 0.3 is 6.09 Å². The molecule has 2 aromatic rings. The molecule has 0 radical (unpaired) electrons. The molecule has 1 aromatic carbocycles. The van der Waals surface area contributed by atoms with Gasteiger partial charge in [0, 0.05) is 0 Å². The lowest BCUT2D eigenvalue weighted by atomic mass is 10.3. The van der Waals surface area contributed by atoms with E-state index in [1.165, 1.54) is 4.68 Å². The van der Waals surface area contributed by atoms with Crippen molar-refractivity contribution >= 4 is 17.1 Å². The minimum Gasteiger partial charge on any atom is -0.464 e. The number of hydrogen-bond acceptors (Lipinski definition) is 2. The van der Waals surface area contributed by atoms with Crippen molar-refractivity contribution < 1.29 is 9.90 Å². The number of rotatable bonds is 1. The predicted octanol–water partition coefficient (Wildman–Crippen LogP) is 1.57. The molecule has 0 saturated heterocycles. The molecule has 0 bridgehead atoms. The predicted molar refractivity (Wildman–Crippen MR) is 51.9 cm³/mol. The van der Waals surface area contributed by atoms with Crippen LogP contribution < -0.4 is 5.43 Å². The van der Waals surface area contributed by atoms with Crippen LogP contribution in [0, 0.1) is 6.92 Å². The van der Waals surface area contributed by atoms with Gasteiger partial charge in [-0.2, -0.15) is 0 Å². The summed E-state index contributed by atoms with van der Waals surface area (Å²) in [7, 11) is 0. The van der Waals surface area contributed by atoms with E-state index in [1.807, 2.05) is 24.3 Å². The Morgan fingerprint density at radius 2 is 2.21 bits per heavy atom. The molecule has 2 rings (SSSR count). The Hall–Kier alpha value is -2.04. The Balaban J connectivity index is 2.62. The van der Waals surface area contributed by atoms with E-state index in [9.17, 15) is 4.79 Å². The molecular formula is C9H9N3O2. The van der Waals surface area contributed by atoms with Crippen molar-refractivity contribution in [1.82, 2.24) is 9.66 Å². The van der Waals surface area contributed by atoms with E-state index in [0.29, 0.717) is 5.82 Å². The first-order valence-electron chi connectivity index (χ1n) is 4.12. The lowest BCUT2D eigenvalue weighted by Crippen LogP contribution is -2.21. The summed E-state index contributed by atoms with van der Waals surface area (Å²) in [5, 5.41) is 8.61. The number of carboxylic acid groups (broad SMARTS) is 1. The van der Waals surface area contributed by atoms with Crippen LogP contribution in [-0.2, 0) is 0 Å². The highest BCUT2D eigenvalue weighted by molar-refractivity contribution is 5.81. The number of carbonyl (C=O) groups is 1. The molecule has 72 valence electrons. The van der Waals surface area contributed by atoms with Crippen LogP contribution in [0.5, 0.6) is 0 Å². The van der Waals surface area contributed by atoms with Crippen LogP contribution in [0.1, 0.15) is 5.82 Å². The third-order valence-corrected chi connectivity index (χ3v) is 1.94. The molecule has 2 N–H and O–H groups in total. The van der Waals surface area contributed by atoms with Gasteiger partial charge in [-0.1, -0.05) is 12.1 Å². The molecule has 0 saturated carbocycles. The molecule has 14 heavy (non-hydrogen) atoms. The summed E-state index contributed by atoms with van der Waals surface area (Å²) in [6.07, 6.45) is -1.10. The van der Waals surface area contributed by atoms with Crippen LogP contribution >= 0.6 is 0 Å². The summed E-state index contributed by atoms with van der Waals surface area (Å²) in [5.41, 5.74) is 3.80. The van der Waals surface area contributed by atoms with Gasteiger partial charge in [0.2, 0.25) is 0 Å². The maximum Gasteiger partial charge on any atom is 0.424 e. The molecule has 5 nitrogen and oxygen atoms in total. The van der Waals surface area contributed by atoms with Crippen LogP contribution in [0.15, 0.2) is 24.3 Å². The maximum absolute atomic E-state index is 10.5. The van der Waals surface area contributed by atoms with E-state index in [2.05, 4.69) is 10.4 Å². The lowest BCUT2D eigenvalue weighted by molar-refractivity contribution is 0.206. The first-order chi connectivity index (χ1) is 6.68. The second-order valence-electron chi connectivity index (χ2n) is 2.90. The fraction of sp³-hybridized carbons (Fsp3) is 0.111. The van der Waals surface area contributed by atoms with Crippen molar-refractivity contribution in [2.24, 2.45) is 0 Å². The van der Waals surface area contributed by atoms with Crippen molar-refractivity contribution in [3.63, 3.8) is 0 Å². The molecule has 0 atom stereocenters. The molecule has 0 aliphatic heterocycles. The molecule has 0 spiro atoms. The molecule has 0 unspecified atom stereocenters. The minimum atomic E-state index is -1.10. The molecule has 0 aliphatic carbocycles. The molecule has 1 aromatic heterocycles. The Morgan fingerprint density at radius 3 is 2.93 bits per heavy atom. The molecule has 0 fully saturated rings. The summed E-state index contributed by atoms with van der Waals surface area (Å²) >= 11 is 0. The highest BCUT2D eigenvalue weighted by Crippen LogP contribution is 2.13. The highest BCUT2D eigenvalue weighted by atomic mass is 16.4. The zero-order chi connectivity index (χ0) is 10.1. The number of nitrogens with zero attached hydrogens (tertiary/aromatic N) is 2. The Kier molecular flexibility index (Phi) is 1.85. The van der Waals surface area contributed by atoms with Gasteiger partial charge in [-0.3, -0.25) is 0 Å². The SMILES string of the molecule is Cc1nc2ccccc2n1NC(=O)O. The molecule has 5 heteroatoms. The number of fused-ring (bicyclic) bond motifs is 1. The smallest absolute Gasteiger partial charge is 0.424 e. The molecule has 0 aliphatic rings. The largest absolute Gasteiger partial charge is 0.464 e. The van der Waals surface area contributed by atoms with Crippen LogP contribution in [0.4, 0.5) is 4.79 Å². The fourth-order valence-corrected chi connectivity index (χ4v) is 1.38. The zero-order valence-electron chi connectivity index (χ0n) is 7.56. The standard InChI is InChI=1S/C9H9N3O2/c1-6-10-7-4-2-3-5-8(7)12(6)11-9(13)14/h2-5,11H,1H3,(H,13,14). The van der Waals surface area contributed by atoms with E-state index in [4.69, 9.17) is 5.11 Å². The topological polar surface area (TPSA) is 67.2 Å². The van der Waals surface area contributed by atoms with Crippen molar-refractivity contribution in [1.29, 1.82) is 0 Å². The summed E-state index contributed by atoms with van der Waals surface area (Å²) < 4.78 is 1.44. The highest BCUT2D eigenvalue weighted by Gasteiger charge is 2.07. The summed E-state index contributed by atoms with van der Waals surface area (Å²) in [4.78, 5) is 14.7. The normalized spacial score (nSPS) is 10.4. The van der Waals surface area contributed by atoms with Gasteiger partial charge < -0.3 is 5.11 Å². The van der Waals surface area contributed by atoms with Crippen LogP contribution in [0.25, 0.3) is 11.0 Å². The number of hydrogen-bond donors (Lipinski definition) is 2. The van der Waals surface area contributed by atoms with Crippen LogP contribution in [-0.4, -0.2) is 20.9 Å². The maximum atomic E-state index is 10.5. The molecule has 1 amide bonds. The average Bonchev–Trinajstić information content (AvgIpc) is 2.43.